The summed E-state index contributed by atoms with van der Waals surface area (Å²) in [6, 6.07) is 8.21. The molecule has 25 heavy (non-hydrogen) atoms. The second-order valence-electron chi connectivity index (χ2n) is 7.55. The Morgan fingerprint density at radius 2 is 2.08 bits per heavy atom. The van der Waals surface area contributed by atoms with Gasteiger partial charge in [0.2, 0.25) is 0 Å². The Bertz CT molecular complexity index is 738. The predicted molar refractivity (Wildman–Crippen MR) is 102 cm³/mol. The minimum absolute atomic E-state index is 0.0115. The molecule has 0 saturated carbocycles. The van der Waals surface area contributed by atoms with Gasteiger partial charge in [-0.05, 0) is 38.3 Å². The fourth-order valence-electron chi connectivity index (χ4n) is 3.15. The molecule has 1 aromatic heterocycles. The standard InChI is InChI=1S/C20H26N2O2S/c1-13(2)5-8-15-11-20(4,24-18(15)23)17-12-25-19(22-17)21-16-9-6-14(3)7-10-16/h6-7,9-10,12-13,15H,5,8,11H2,1-4H3,(H,21,22)/t15-,20+/m1/s1. The Morgan fingerprint density at radius 1 is 1.36 bits per heavy atom. The molecule has 3 rings (SSSR count). The van der Waals surface area contributed by atoms with Gasteiger partial charge in [-0.25, -0.2) is 4.98 Å². The number of hydrogen-bond donors (Lipinski definition) is 1. The van der Waals surface area contributed by atoms with E-state index in [9.17, 15) is 4.79 Å². The lowest BCUT2D eigenvalue weighted by Gasteiger charge is -2.20. The Kier molecular flexibility index (Phi) is 5.13. The van der Waals surface area contributed by atoms with E-state index in [4.69, 9.17) is 4.74 Å². The van der Waals surface area contributed by atoms with Gasteiger partial charge < -0.3 is 10.1 Å². The van der Waals surface area contributed by atoms with Crippen LogP contribution in [0.2, 0.25) is 0 Å². The van der Waals surface area contributed by atoms with E-state index in [2.05, 4.69) is 43.2 Å². The number of nitrogens with zero attached hydrogens (tertiary/aromatic N) is 1. The van der Waals surface area contributed by atoms with E-state index in [-0.39, 0.29) is 11.9 Å². The highest BCUT2D eigenvalue weighted by Gasteiger charge is 2.45. The normalized spacial score (nSPS) is 23.1. The SMILES string of the molecule is Cc1ccc(Nc2nc([C@]3(C)C[C@@H](CCC(C)C)C(=O)O3)cs2)cc1. The molecule has 0 bridgehead atoms. The number of thiazole rings is 1. The van der Waals surface area contributed by atoms with Crippen molar-refractivity contribution in [2.24, 2.45) is 11.8 Å². The zero-order valence-corrected chi connectivity index (χ0v) is 16.2. The lowest BCUT2D eigenvalue weighted by molar-refractivity contribution is -0.150. The Balaban J connectivity index is 1.68. The van der Waals surface area contributed by atoms with Gasteiger partial charge >= 0.3 is 5.97 Å². The van der Waals surface area contributed by atoms with Crippen molar-refractivity contribution in [3.8, 4) is 0 Å². The third-order valence-electron chi connectivity index (χ3n) is 4.74. The van der Waals surface area contributed by atoms with Crippen molar-refractivity contribution in [1.82, 2.24) is 4.98 Å². The molecule has 2 atom stereocenters. The van der Waals surface area contributed by atoms with Crippen molar-refractivity contribution in [3.05, 3.63) is 40.9 Å². The van der Waals surface area contributed by atoms with Crippen LogP contribution in [-0.2, 0) is 15.1 Å². The van der Waals surface area contributed by atoms with Crippen molar-refractivity contribution >= 4 is 28.1 Å². The van der Waals surface area contributed by atoms with Gasteiger partial charge in [0.05, 0.1) is 11.6 Å². The highest BCUT2D eigenvalue weighted by Crippen LogP contribution is 2.42. The number of carbonyl (C=O) groups excluding carboxylic acids is 1. The van der Waals surface area contributed by atoms with Crippen LogP contribution in [0.15, 0.2) is 29.6 Å². The molecule has 1 aliphatic rings. The molecule has 0 amide bonds. The smallest absolute Gasteiger partial charge is 0.310 e. The third-order valence-corrected chi connectivity index (χ3v) is 5.49. The summed E-state index contributed by atoms with van der Waals surface area (Å²) < 4.78 is 5.74. The lowest BCUT2D eigenvalue weighted by atomic mass is 9.89. The average Bonchev–Trinajstić information content (AvgIpc) is 3.13. The minimum atomic E-state index is -0.609. The second-order valence-corrected chi connectivity index (χ2v) is 8.41. The van der Waals surface area contributed by atoms with E-state index in [0.717, 1.165) is 29.4 Å². The van der Waals surface area contributed by atoms with Crippen LogP contribution < -0.4 is 5.32 Å². The number of hydrogen-bond acceptors (Lipinski definition) is 5. The summed E-state index contributed by atoms with van der Waals surface area (Å²) in [5.41, 5.74) is 2.47. The Hall–Kier alpha value is -1.88. The quantitative estimate of drug-likeness (QED) is 0.702. The lowest BCUT2D eigenvalue weighted by Crippen LogP contribution is -2.21. The van der Waals surface area contributed by atoms with E-state index in [1.54, 1.807) is 11.3 Å². The van der Waals surface area contributed by atoms with E-state index in [1.165, 1.54) is 5.56 Å². The van der Waals surface area contributed by atoms with Crippen molar-refractivity contribution in [2.75, 3.05) is 5.32 Å². The summed E-state index contributed by atoms with van der Waals surface area (Å²) in [6.45, 7) is 8.41. The zero-order valence-electron chi connectivity index (χ0n) is 15.3. The number of cyclic esters (lactones) is 1. The second kappa shape index (κ2) is 7.16. The molecular weight excluding hydrogens is 332 g/mol. The molecule has 1 saturated heterocycles. The molecule has 0 unspecified atom stereocenters. The van der Waals surface area contributed by atoms with Crippen LogP contribution in [0.1, 0.15) is 51.3 Å². The number of benzene rings is 1. The molecule has 2 aromatic rings. The van der Waals surface area contributed by atoms with Gasteiger partial charge in [0.1, 0.15) is 0 Å². The molecule has 1 fully saturated rings. The fraction of sp³-hybridized carbons (Fsp3) is 0.500. The fourth-order valence-corrected chi connectivity index (χ4v) is 4.00. The molecule has 1 N–H and O–H groups in total. The number of aryl methyl sites for hydroxylation is 1. The molecule has 5 heteroatoms. The predicted octanol–water partition coefficient (Wildman–Crippen LogP) is 5.41. The van der Waals surface area contributed by atoms with Gasteiger partial charge in [0, 0.05) is 17.5 Å². The molecule has 0 radical (unpaired) electrons. The Morgan fingerprint density at radius 3 is 2.76 bits per heavy atom. The summed E-state index contributed by atoms with van der Waals surface area (Å²) in [5, 5.41) is 6.14. The van der Waals surface area contributed by atoms with Crippen molar-refractivity contribution < 1.29 is 9.53 Å². The number of rotatable bonds is 6. The maximum Gasteiger partial charge on any atom is 0.310 e. The van der Waals surface area contributed by atoms with Gasteiger partial charge in [-0.2, -0.15) is 0 Å². The zero-order chi connectivity index (χ0) is 18.0. The molecule has 0 aliphatic carbocycles. The van der Waals surface area contributed by atoms with E-state index < -0.39 is 5.60 Å². The number of anilines is 2. The number of aromatic nitrogens is 1. The first-order chi connectivity index (χ1) is 11.9. The average molecular weight is 359 g/mol. The molecule has 2 heterocycles. The summed E-state index contributed by atoms with van der Waals surface area (Å²) in [7, 11) is 0. The third kappa shape index (κ3) is 4.21. The largest absolute Gasteiger partial charge is 0.453 e. The summed E-state index contributed by atoms with van der Waals surface area (Å²) in [6.07, 6.45) is 2.66. The molecule has 134 valence electrons. The summed E-state index contributed by atoms with van der Waals surface area (Å²) in [4.78, 5) is 16.9. The van der Waals surface area contributed by atoms with Crippen LogP contribution in [-0.4, -0.2) is 11.0 Å². The van der Waals surface area contributed by atoms with E-state index >= 15 is 0 Å². The molecule has 1 aromatic carbocycles. The molecular formula is C20H26N2O2S. The van der Waals surface area contributed by atoms with E-state index in [0.29, 0.717) is 12.3 Å². The van der Waals surface area contributed by atoms with Crippen LogP contribution >= 0.6 is 11.3 Å². The monoisotopic (exact) mass is 358 g/mol. The van der Waals surface area contributed by atoms with E-state index in [1.807, 2.05) is 24.4 Å². The number of nitrogens with one attached hydrogen (secondary N) is 1. The Labute approximate surface area is 153 Å². The first-order valence-corrected chi connectivity index (χ1v) is 9.76. The van der Waals surface area contributed by atoms with Gasteiger partial charge in [0.15, 0.2) is 10.7 Å². The highest BCUT2D eigenvalue weighted by atomic mass is 32.1. The summed E-state index contributed by atoms with van der Waals surface area (Å²) in [5.74, 6) is 0.510. The summed E-state index contributed by atoms with van der Waals surface area (Å²) >= 11 is 1.54. The first-order valence-electron chi connectivity index (χ1n) is 8.88. The molecule has 4 nitrogen and oxygen atoms in total. The van der Waals surface area contributed by atoms with Crippen LogP contribution in [0.5, 0.6) is 0 Å². The first kappa shape index (κ1) is 17.9. The topological polar surface area (TPSA) is 51.2 Å². The maximum atomic E-state index is 12.2. The highest BCUT2D eigenvalue weighted by molar-refractivity contribution is 7.13. The van der Waals surface area contributed by atoms with Crippen molar-refractivity contribution in [2.45, 2.75) is 52.6 Å². The van der Waals surface area contributed by atoms with Crippen LogP contribution in [0, 0.1) is 18.8 Å². The van der Waals surface area contributed by atoms with Crippen LogP contribution in [0.3, 0.4) is 0 Å². The molecule has 1 aliphatic heterocycles. The van der Waals surface area contributed by atoms with Gasteiger partial charge in [-0.1, -0.05) is 38.0 Å². The number of carbonyl (C=O) groups is 1. The number of esters is 1. The maximum absolute atomic E-state index is 12.2. The minimum Gasteiger partial charge on any atom is -0.453 e. The van der Waals surface area contributed by atoms with Crippen LogP contribution in [0.25, 0.3) is 0 Å². The number of ether oxygens (including phenoxy) is 1. The van der Waals surface area contributed by atoms with Crippen molar-refractivity contribution in [1.29, 1.82) is 0 Å². The van der Waals surface area contributed by atoms with Crippen LogP contribution in [0.4, 0.5) is 10.8 Å². The molecule has 0 spiro atoms. The van der Waals surface area contributed by atoms with Gasteiger partial charge in [-0.15, -0.1) is 11.3 Å². The van der Waals surface area contributed by atoms with Gasteiger partial charge in [-0.3, -0.25) is 4.79 Å². The van der Waals surface area contributed by atoms with Crippen molar-refractivity contribution in [3.63, 3.8) is 0 Å². The van der Waals surface area contributed by atoms with Gasteiger partial charge in [0.25, 0.3) is 0 Å².